The molecule has 8 aromatic carbocycles. The standard InChI is InChI=1S/C32H33N5O7.C27H26N4O5.2C26H24N4O5/c1-2-43-32-25(16-27(39)44-32)35-26(38)19-37-18-20(17-34-29(40)22-9-4-3-5-10-22)12-13-24(31(37)42)36-30(41)28-23-11-7-6-8-21(23)14-15-33-28;1-36-23(32)17-31-16-18(15-29-25(33)20-8-3-2-4-9-20)11-12-22(27(31)35)30-26(34)24-21-10-6-5-7-19(21)13-14-28-24;2*31-22(32)16-30-15-17(14-28-24(33)19-7-2-1-3-8-19)10-11-21(26(30)35)29-25(34)23-20-9-5-4-6-18(20)12-13-27-23/h3-12,14-15,24-25,32H,2,13,16-19H2,1H3,(H,34,40)(H,35,38)(H,36,41);2-11,13-14,22H,12,15-17H2,1H3,(H,29,33)(H,30,34);2*1-10,12-13,21H,11,14-16H2,(H,28,33)(H,29,34)(H,31,32)/t24-,25?,32?;22-;2*21-/m0000/s1. The number of methoxy groups -OCH3 is 1. The molecule has 5 aliphatic rings. The van der Waals surface area contributed by atoms with E-state index in [1.807, 2.05) is 84.9 Å². The van der Waals surface area contributed by atoms with Crippen LogP contribution in [0.3, 0.4) is 0 Å². The van der Waals surface area contributed by atoms with Crippen LogP contribution in [-0.4, -0.2) is 279 Å². The summed E-state index contributed by atoms with van der Waals surface area (Å²) in [7, 11) is 1.24. The molecular weight excluding hydrogens is 1920 g/mol. The molecule has 0 radical (unpaired) electrons. The third-order valence-electron chi connectivity index (χ3n) is 24.6. The van der Waals surface area contributed by atoms with E-state index < -0.39 is 127 Å². The van der Waals surface area contributed by atoms with Crippen LogP contribution in [0, 0.1) is 0 Å². The number of benzene rings is 8. The smallest absolute Gasteiger partial charge is 0.325 e. The fourth-order valence-electron chi connectivity index (χ4n) is 17.1. The Morgan fingerprint density at radius 2 is 0.593 bits per heavy atom. The van der Waals surface area contributed by atoms with Gasteiger partial charge in [0.2, 0.25) is 35.8 Å². The zero-order valence-corrected chi connectivity index (χ0v) is 81.5. The summed E-state index contributed by atoms with van der Waals surface area (Å²) in [5.41, 5.74) is 5.50. The van der Waals surface area contributed by atoms with Crippen LogP contribution >= 0.6 is 0 Å². The Labute approximate surface area is 859 Å². The highest BCUT2D eigenvalue weighted by atomic mass is 16.7. The van der Waals surface area contributed by atoms with Crippen molar-refractivity contribution in [3.8, 4) is 0 Å². The molecule has 5 aliphatic heterocycles. The third-order valence-corrected chi connectivity index (χ3v) is 24.6. The summed E-state index contributed by atoms with van der Waals surface area (Å²) in [6.07, 6.45) is 12.9. The van der Waals surface area contributed by atoms with Gasteiger partial charge in [-0.1, -0.05) is 194 Å². The van der Waals surface area contributed by atoms with Gasteiger partial charge in [-0.25, -0.2) is 0 Å². The molecule has 1 fully saturated rings. The van der Waals surface area contributed by atoms with Crippen molar-refractivity contribution in [1.29, 1.82) is 0 Å². The van der Waals surface area contributed by atoms with Crippen LogP contribution in [-0.2, 0) is 57.4 Å². The highest BCUT2D eigenvalue weighted by molar-refractivity contribution is 6.11. The Kier molecular flexibility index (Phi) is 37.3. The number of carbonyl (C=O) groups excluding carboxylic acids is 15. The number of pyridine rings is 4. The SMILES string of the molecule is CCOC1OC(=O)CC1NC(=O)CN1CC(CNC(=O)c2ccccc2)=CC[C@H](NC(=O)c2nccc3ccccc23)C1=O.COC(=O)CN1CC(CNC(=O)c2ccccc2)=CC[C@H](NC(=O)c2nccc3ccccc23)C1=O.O=C(O)CN1CC(CNC(=O)c2ccccc2)=CC[C@H](NC(=O)c2nccc3ccccc23)C1=O.O=C(O)CN1CC(CNC(=O)c2ccccc2)=CC[C@H](NC(=O)c2nccc3ccccc23)C1=O. The zero-order chi connectivity index (χ0) is 106. The second-order valence-corrected chi connectivity index (χ2v) is 35.0. The number of carbonyl (C=O) groups is 17. The normalized spacial score (nSPS) is 17.0. The maximum atomic E-state index is 13.8. The zero-order valence-electron chi connectivity index (χ0n) is 81.5. The van der Waals surface area contributed by atoms with Crippen LogP contribution in [0.5, 0.6) is 0 Å². The molecule has 768 valence electrons. The van der Waals surface area contributed by atoms with E-state index >= 15 is 0 Å². The summed E-state index contributed by atoms with van der Waals surface area (Å²) in [4.78, 5) is 237. The van der Waals surface area contributed by atoms with Crippen LogP contribution in [0.2, 0.25) is 0 Å². The molecular formula is C111H107N17O22. The Hall–Kier alpha value is -18.7. The largest absolute Gasteiger partial charge is 0.480 e. The summed E-state index contributed by atoms with van der Waals surface area (Å²) in [6.45, 7) is 1.14. The first-order valence-corrected chi connectivity index (χ1v) is 48.0. The fourth-order valence-corrected chi connectivity index (χ4v) is 17.1. The van der Waals surface area contributed by atoms with Crippen molar-refractivity contribution in [2.45, 2.75) is 75.5 Å². The quantitative estimate of drug-likeness (QED) is 0.0146. The lowest BCUT2D eigenvalue weighted by molar-refractivity contribution is -0.164. The molecule has 2 unspecified atom stereocenters. The van der Waals surface area contributed by atoms with Crippen molar-refractivity contribution in [3.05, 3.63) is 359 Å². The van der Waals surface area contributed by atoms with Crippen molar-refractivity contribution in [1.82, 2.24) is 87.4 Å². The Morgan fingerprint density at radius 1 is 0.333 bits per heavy atom. The number of aliphatic carboxylic acids is 2. The number of ether oxygens (including phenoxy) is 3. The van der Waals surface area contributed by atoms with Gasteiger partial charge >= 0.3 is 23.9 Å². The van der Waals surface area contributed by atoms with Crippen molar-refractivity contribution in [2.75, 3.05) is 92.3 Å². The average Bonchev–Trinajstić information content (AvgIpc) is 1.04. The van der Waals surface area contributed by atoms with Crippen LogP contribution in [0.4, 0.5) is 0 Å². The van der Waals surface area contributed by atoms with E-state index in [0.29, 0.717) is 60.5 Å². The Morgan fingerprint density at radius 3 is 0.860 bits per heavy atom. The van der Waals surface area contributed by atoms with Gasteiger partial charge < -0.3 is 91.9 Å². The number of cyclic esters (lactones) is 1. The molecule has 6 atom stereocenters. The van der Waals surface area contributed by atoms with Gasteiger partial charge in [0.25, 0.3) is 47.3 Å². The van der Waals surface area contributed by atoms with Gasteiger partial charge in [0.15, 0.2) is 0 Å². The van der Waals surface area contributed by atoms with Crippen LogP contribution in [0.25, 0.3) is 43.1 Å². The summed E-state index contributed by atoms with van der Waals surface area (Å²) in [5.74, 6) is -9.03. The summed E-state index contributed by atoms with van der Waals surface area (Å²) in [5, 5.41) is 49.6. The average molecular weight is 2030 g/mol. The Bertz CT molecular complexity index is 6990. The molecule has 0 bridgehead atoms. The molecule has 39 nitrogen and oxygen atoms in total. The first kappa shape index (κ1) is 107. The fraction of sp³-hybridized carbons (Fsp3) is 0.234. The molecule has 39 heteroatoms. The van der Waals surface area contributed by atoms with Gasteiger partial charge in [-0.15, -0.1) is 0 Å². The van der Waals surface area contributed by atoms with Gasteiger partial charge in [-0.05, 0) is 149 Å². The predicted molar refractivity (Wildman–Crippen MR) is 550 cm³/mol. The molecule has 1 saturated heterocycles. The monoisotopic (exact) mass is 2030 g/mol. The second-order valence-electron chi connectivity index (χ2n) is 35.0. The van der Waals surface area contributed by atoms with Crippen molar-refractivity contribution in [3.63, 3.8) is 0 Å². The van der Waals surface area contributed by atoms with Gasteiger partial charge in [0.1, 0.15) is 72.6 Å². The molecule has 13 amide bonds. The summed E-state index contributed by atoms with van der Waals surface area (Å²) < 4.78 is 15.3. The Balaban J connectivity index is 0.000000158. The van der Waals surface area contributed by atoms with Crippen LogP contribution < -0.4 is 47.9 Å². The van der Waals surface area contributed by atoms with E-state index in [2.05, 4.69) is 67.8 Å². The maximum Gasteiger partial charge on any atom is 0.325 e. The molecule has 12 aromatic rings. The minimum atomic E-state index is -1.17. The first-order chi connectivity index (χ1) is 72.6. The van der Waals surface area contributed by atoms with Crippen molar-refractivity contribution in [2.24, 2.45) is 0 Å². The summed E-state index contributed by atoms with van der Waals surface area (Å²) >= 11 is 0. The number of carboxylic acids is 2. The topological polar surface area (TPSA) is 531 Å². The number of amides is 13. The van der Waals surface area contributed by atoms with Gasteiger partial charge in [0.05, 0.1) is 20.1 Å². The molecule has 4 aromatic heterocycles. The van der Waals surface area contributed by atoms with E-state index in [4.69, 9.17) is 14.2 Å². The lowest BCUT2D eigenvalue weighted by Gasteiger charge is -2.26. The highest BCUT2D eigenvalue weighted by Gasteiger charge is 2.40. The van der Waals surface area contributed by atoms with Gasteiger partial charge in [-0.2, -0.15) is 0 Å². The summed E-state index contributed by atoms with van der Waals surface area (Å²) in [6, 6.07) is 66.7. The van der Waals surface area contributed by atoms with E-state index in [1.165, 1.54) is 35.5 Å². The number of fused-ring (bicyclic) bond motifs is 4. The molecule has 150 heavy (non-hydrogen) atoms. The van der Waals surface area contributed by atoms with Gasteiger partial charge in [-0.3, -0.25) is 101 Å². The molecule has 0 spiro atoms. The van der Waals surface area contributed by atoms with Crippen LogP contribution in [0.15, 0.2) is 314 Å². The lowest BCUT2D eigenvalue weighted by atomic mass is 10.1. The first-order valence-electron chi connectivity index (χ1n) is 48.0. The number of esters is 2. The number of hydrogen-bond donors (Lipinski definition) is 11. The molecule has 11 N–H and O–H groups in total. The van der Waals surface area contributed by atoms with E-state index in [1.54, 1.807) is 195 Å². The predicted octanol–water partition coefficient (Wildman–Crippen LogP) is 7.82. The molecule has 17 rings (SSSR count). The number of hydrogen-bond acceptors (Lipinski definition) is 24. The number of rotatable bonds is 31. The van der Waals surface area contributed by atoms with E-state index in [-0.39, 0.29) is 151 Å². The minimum Gasteiger partial charge on any atom is -0.480 e. The van der Waals surface area contributed by atoms with Crippen molar-refractivity contribution < 1.29 is 106 Å². The maximum absolute atomic E-state index is 13.8. The molecule has 0 aliphatic carbocycles. The van der Waals surface area contributed by atoms with E-state index in [0.717, 1.165) is 36.9 Å². The molecule has 9 heterocycles. The minimum absolute atomic E-state index is 0.0269. The second kappa shape index (κ2) is 52.2. The van der Waals surface area contributed by atoms with Crippen LogP contribution in [0.1, 0.15) is 122 Å². The molecule has 0 saturated carbocycles. The highest BCUT2D eigenvalue weighted by Crippen LogP contribution is 2.27. The van der Waals surface area contributed by atoms with Gasteiger partial charge in [0, 0.05) is 128 Å². The third kappa shape index (κ3) is 29.1. The number of aromatic nitrogens is 4. The number of nitrogens with zero attached hydrogens (tertiary/aromatic N) is 8. The van der Waals surface area contributed by atoms with E-state index in [9.17, 15) is 91.7 Å². The number of carboxylic acid groups (broad SMARTS) is 2. The lowest BCUT2D eigenvalue weighted by Crippen LogP contribution is -2.52. The van der Waals surface area contributed by atoms with Crippen molar-refractivity contribution >= 4 is 144 Å². The number of nitrogens with one attached hydrogen (secondary N) is 9.